The minimum atomic E-state index is -0.259. The molecular formula is C18H20ClN3O3. The van der Waals surface area contributed by atoms with Gasteiger partial charge in [0, 0.05) is 10.7 Å². The van der Waals surface area contributed by atoms with Crippen molar-refractivity contribution in [3.8, 4) is 11.5 Å². The van der Waals surface area contributed by atoms with Crippen LogP contribution in [0.15, 0.2) is 47.6 Å². The van der Waals surface area contributed by atoms with Gasteiger partial charge < -0.3 is 14.8 Å². The Hall–Kier alpha value is -2.73. The highest BCUT2D eigenvalue weighted by molar-refractivity contribution is 6.30. The molecule has 2 rings (SSSR count). The highest BCUT2D eigenvalue weighted by atomic mass is 35.5. The first kappa shape index (κ1) is 18.6. The van der Waals surface area contributed by atoms with Crippen molar-refractivity contribution in [2.75, 3.05) is 25.6 Å². The molecule has 2 aromatic rings. The van der Waals surface area contributed by atoms with Crippen molar-refractivity contribution in [1.29, 1.82) is 0 Å². The van der Waals surface area contributed by atoms with E-state index in [0.29, 0.717) is 23.1 Å². The Kier molecular flexibility index (Phi) is 7.10. The number of halogens is 1. The van der Waals surface area contributed by atoms with Crippen LogP contribution in [0.3, 0.4) is 0 Å². The maximum Gasteiger partial charge on any atom is 0.259 e. The van der Waals surface area contributed by atoms with Crippen LogP contribution in [0, 0.1) is 0 Å². The molecule has 1 amide bonds. The molecule has 2 aromatic carbocycles. The second-order valence-electron chi connectivity index (χ2n) is 5.00. The van der Waals surface area contributed by atoms with E-state index in [0.717, 1.165) is 11.3 Å². The first-order valence-corrected chi connectivity index (χ1v) is 8.12. The third-order valence-electron chi connectivity index (χ3n) is 3.19. The molecule has 25 heavy (non-hydrogen) atoms. The Balaban J connectivity index is 1.86. The number of amides is 1. The standard InChI is InChI=1S/C18H20ClN3O3/c1-3-25-17-10-13(4-9-16(17)24-2)11-21-22-18(23)12-20-15-7-5-14(19)6-8-15/h4-11,20H,3,12H2,1-2H3,(H,22,23)/b21-11-. The van der Waals surface area contributed by atoms with Crippen molar-refractivity contribution in [1.82, 2.24) is 5.43 Å². The Morgan fingerprint density at radius 1 is 1.20 bits per heavy atom. The number of anilines is 1. The topological polar surface area (TPSA) is 72.0 Å². The van der Waals surface area contributed by atoms with E-state index in [1.165, 1.54) is 0 Å². The fourth-order valence-electron chi connectivity index (χ4n) is 2.01. The van der Waals surface area contributed by atoms with Crippen LogP contribution < -0.4 is 20.2 Å². The molecule has 0 saturated carbocycles. The van der Waals surface area contributed by atoms with Gasteiger partial charge in [-0.1, -0.05) is 11.6 Å². The lowest BCUT2D eigenvalue weighted by molar-refractivity contribution is -0.119. The van der Waals surface area contributed by atoms with Crippen LogP contribution in [0.1, 0.15) is 12.5 Å². The number of nitrogens with zero attached hydrogens (tertiary/aromatic N) is 1. The highest BCUT2D eigenvalue weighted by Gasteiger charge is 2.04. The molecule has 0 fully saturated rings. The van der Waals surface area contributed by atoms with Crippen LogP contribution in [0.4, 0.5) is 5.69 Å². The van der Waals surface area contributed by atoms with Gasteiger partial charge in [-0.25, -0.2) is 5.43 Å². The Labute approximate surface area is 151 Å². The van der Waals surface area contributed by atoms with Gasteiger partial charge in [-0.3, -0.25) is 4.79 Å². The fourth-order valence-corrected chi connectivity index (χ4v) is 2.14. The molecular weight excluding hydrogens is 342 g/mol. The van der Waals surface area contributed by atoms with Crippen LogP contribution >= 0.6 is 11.6 Å². The molecule has 0 radical (unpaired) electrons. The summed E-state index contributed by atoms with van der Waals surface area (Å²) in [7, 11) is 1.58. The van der Waals surface area contributed by atoms with Gasteiger partial charge in [0.25, 0.3) is 5.91 Å². The van der Waals surface area contributed by atoms with Crippen LogP contribution in [-0.4, -0.2) is 32.4 Å². The summed E-state index contributed by atoms with van der Waals surface area (Å²) in [5, 5.41) is 7.57. The molecule has 0 aliphatic carbocycles. The predicted octanol–water partition coefficient (Wildman–Crippen LogP) is 3.31. The zero-order valence-corrected chi connectivity index (χ0v) is 14.8. The van der Waals surface area contributed by atoms with E-state index in [4.69, 9.17) is 21.1 Å². The fraction of sp³-hybridized carbons (Fsp3) is 0.222. The summed E-state index contributed by atoms with van der Waals surface area (Å²) in [5.41, 5.74) is 4.06. The number of methoxy groups -OCH3 is 1. The van der Waals surface area contributed by atoms with Crippen molar-refractivity contribution in [2.24, 2.45) is 5.10 Å². The quantitative estimate of drug-likeness (QED) is 0.559. The average Bonchev–Trinajstić information content (AvgIpc) is 2.62. The average molecular weight is 362 g/mol. The Bertz CT molecular complexity index is 733. The highest BCUT2D eigenvalue weighted by Crippen LogP contribution is 2.27. The zero-order chi connectivity index (χ0) is 18.1. The molecule has 0 heterocycles. The molecule has 0 unspecified atom stereocenters. The van der Waals surface area contributed by atoms with Gasteiger partial charge in [0.15, 0.2) is 11.5 Å². The van der Waals surface area contributed by atoms with E-state index in [-0.39, 0.29) is 12.5 Å². The van der Waals surface area contributed by atoms with Crippen LogP contribution in [-0.2, 0) is 4.79 Å². The minimum Gasteiger partial charge on any atom is -0.493 e. The van der Waals surface area contributed by atoms with Gasteiger partial charge in [0.05, 0.1) is 26.5 Å². The van der Waals surface area contributed by atoms with Gasteiger partial charge >= 0.3 is 0 Å². The number of hydrogen-bond acceptors (Lipinski definition) is 5. The SMILES string of the molecule is CCOc1cc(/C=N\NC(=O)CNc2ccc(Cl)cc2)ccc1OC. The molecule has 132 valence electrons. The molecule has 0 aliphatic heterocycles. The number of carbonyl (C=O) groups is 1. The van der Waals surface area contributed by atoms with Gasteiger partial charge in [-0.05, 0) is 55.0 Å². The molecule has 0 saturated heterocycles. The molecule has 0 aliphatic rings. The number of hydrogen-bond donors (Lipinski definition) is 2. The maximum absolute atomic E-state index is 11.8. The lowest BCUT2D eigenvalue weighted by Crippen LogP contribution is -2.25. The van der Waals surface area contributed by atoms with Gasteiger partial charge in [-0.15, -0.1) is 0 Å². The van der Waals surface area contributed by atoms with Crippen LogP contribution in [0.2, 0.25) is 5.02 Å². The molecule has 6 nitrogen and oxygen atoms in total. The van der Waals surface area contributed by atoms with E-state index in [9.17, 15) is 4.79 Å². The smallest absolute Gasteiger partial charge is 0.259 e. The first-order chi connectivity index (χ1) is 12.1. The van der Waals surface area contributed by atoms with Gasteiger partial charge in [0.1, 0.15) is 0 Å². The normalized spacial score (nSPS) is 10.5. The number of rotatable bonds is 8. The summed E-state index contributed by atoms with van der Waals surface area (Å²) >= 11 is 5.81. The van der Waals surface area contributed by atoms with Crippen molar-refractivity contribution in [3.63, 3.8) is 0 Å². The number of hydrazone groups is 1. The summed E-state index contributed by atoms with van der Waals surface area (Å²) in [6.07, 6.45) is 1.54. The third-order valence-corrected chi connectivity index (χ3v) is 3.44. The zero-order valence-electron chi connectivity index (χ0n) is 14.1. The first-order valence-electron chi connectivity index (χ1n) is 7.74. The lowest BCUT2D eigenvalue weighted by atomic mass is 10.2. The summed E-state index contributed by atoms with van der Waals surface area (Å²) in [5.74, 6) is 1.02. The summed E-state index contributed by atoms with van der Waals surface area (Å²) in [6.45, 7) is 2.53. The molecule has 0 spiro atoms. The van der Waals surface area contributed by atoms with E-state index in [2.05, 4.69) is 15.8 Å². The molecule has 0 aromatic heterocycles. The second-order valence-corrected chi connectivity index (χ2v) is 5.43. The van der Waals surface area contributed by atoms with E-state index < -0.39 is 0 Å². The van der Waals surface area contributed by atoms with Crippen molar-refractivity contribution in [3.05, 3.63) is 53.1 Å². The van der Waals surface area contributed by atoms with Crippen LogP contribution in [0.25, 0.3) is 0 Å². The second kappa shape index (κ2) is 9.54. The Morgan fingerprint density at radius 3 is 2.64 bits per heavy atom. The monoisotopic (exact) mass is 361 g/mol. The largest absolute Gasteiger partial charge is 0.493 e. The molecule has 0 atom stereocenters. The summed E-state index contributed by atoms with van der Waals surface area (Å²) in [6, 6.07) is 12.5. The number of nitrogens with one attached hydrogen (secondary N) is 2. The van der Waals surface area contributed by atoms with E-state index in [1.54, 1.807) is 49.7 Å². The van der Waals surface area contributed by atoms with Crippen molar-refractivity contribution in [2.45, 2.75) is 6.92 Å². The third kappa shape index (κ3) is 6.00. The maximum atomic E-state index is 11.8. The number of ether oxygens (including phenoxy) is 2. The van der Waals surface area contributed by atoms with Crippen LogP contribution in [0.5, 0.6) is 11.5 Å². The van der Waals surface area contributed by atoms with Gasteiger partial charge in [0.2, 0.25) is 0 Å². The number of benzene rings is 2. The minimum absolute atomic E-state index is 0.103. The molecule has 7 heteroatoms. The van der Waals surface area contributed by atoms with Gasteiger partial charge in [-0.2, -0.15) is 5.10 Å². The summed E-state index contributed by atoms with van der Waals surface area (Å²) in [4.78, 5) is 11.8. The van der Waals surface area contributed by atoms with Crippen molar-refractivity contribution >= 4 is 29.4 Å². The lowest BCUT2D eigenvalue weighted by Gasteiger charge is -2.09. The molecule has 0 bridgehead atoms. The Morgan fingerprint density at radius 2 is 1.96 bits per heavy atom. The summed E-state index contributed by atoms with van der Waals surface area (Å²) < 4.78 is 10.7. The van der Waals surface area contributed by atoms with Crippen molar-refractivity contribution < 1.29 is 14.3 Å². The number of carbonyl (C=O) groups excluding carboxylic acids is 1. The van der Waals surface area contributed by atoms with E-state index in [1.807, 2.05) is 13.0 Å². The molecule has 2 N–H and O–H groups in total. The van der Waals surface area contributed by atoms with E-state index >= 15 is 0 Å². The predicted molar refractivity (Wildman–Crippen MR) is 99.8 cm³/mol.